The number of hydrogen-bond donors (Lipinski definition) is 0. The van der Waals surface area contributed by atoms with Gasteiger partial charge in [-0.25, -0.2) is 4.39 Å². The summed E-state index contributed by atoms with van der Waals surface area (Å²) in [5, 5.41) is 4.16. The minimum absolute atomic E-state index is 0.0971. The Balaban J connectivity index is 1.54. The van der Waals surface area contributed by atoms with Gasteiger partial charge in [0.25, 0.3) is 5.91 Å². The van der Waals surface area contributed by atoms with E-state index in [0.717, 1.165) is 26.1 Å². The summed E-state index contributed by atoms with van der Waals surface area (Å²) in [5.74, 6) is -0.376. The molecule has 0 radical (unpaired) electrons. The van der Waals surface area contributed by atoms with E-state index in [-0.39, 0.29) is 27.8 Å². The fourth-order valence-corrected chi connectivity index (χ4v) is 4.10. The third kappa shape index (κ3) is 4.25. The van der Waals surface area contributed by atoms with Crippen molar-refractivity contribution in [1.82, 2.24) is 15.0 Å². The molecule has 5 nitrogen and oxygen atoms in total. The van der Waals surface area contributed by atoms with Crippen LogP contribution in [0.4, 0.5) is 4.39 Å². The lowest BCUT2D eigenvalue weighted by molar-refractivity contribution is 0.0760. The number of rotatable bonds is 4. The maximum absolute atomic E-state index is 14.5. The first-order valence-electron chi connectivity index (χ1n) is 10.0. The van der Waals surface area contributed by atoms with Gasteiger partial charge < -0.3 is 9.42 Å². The number of nitrogens with zero attached hydrogens (tertiary/aromatic N) is 3. The van der Waals surface area contributed by atoms with Crippen molar-refractivity contribution in [3.8, 4) is 11.3 Å². The van der Waals surface area contributed by atoms with E-state index >= 15 is 0 Å². The molecule has 0 unspecified atom stereocenters. The van der Waals surface area contributed by atoms with Gasteiger partial charge in [0.1, 0.15) is 22.8 Å². The Morgan fingerprint density at radius 3 is 2.67 bits per heavy atom. The second-order valence-electron chi connectivity index (χ2n) is 7.47. The number of aryl methyl sites for hydroxylation is 1. The average molecular weight is 428 g/mol. The highest BCUT2D eigenvalue weighted by molar-refractivity contribution is 6.33. The van der Waals surface area contributed by atoms with Gasteiger partial charge in [0.2, 0.25) is 0 Å². The summed E-state index contributed by atoms with van der Waals surface area (Å²) in [7, 11) is 0. The van der Waals surface area contributed by atoms with Crippen LogP contribution in [-0.4, -0.2) is 47.0 Å². The van der Waals surface area contributed by atoms with Gasteiger partial charge in [0.15, 0.2) is 0 Å². The zero-order chi connectivity index (χ0) is 21.1. The normalized spacial score (nSPS) is 15.2. The van der Waals surface area contributed by atoms with Crippen molar-refractivity contribution in [3.63, 3.8) is 0 Å². The van der Waals surface area contributed by atoms with Crippen molar-refractivity contribution in [2.45, 2.75) is 19.9 Å². The molecule has 7 heteroatoms. The lowest BCUT2D eigenvalue weighted by Gasteiger charge is -2.22. The summed E-state index contributed by atoms with van der Waals surface area (Å²) in [6.45, 7) is 5.40. The van der Waals surface area contributed by atoms with Gasteiger partial charge in [0.05, 0.1) is 10.6 Å². The van der Waals surface area contributed by atoms with Gasteiger partial charge in [-0.05, 0) is 31.0 Å². The van der Waals surface area contributed by atoms with E-state index in [9.17, 15) is 9.18 Å². The topological polar surface area (TPSA) is 49.6 Å². The maximum Gasteiger partial charge on any atom is 0.259 e. The lowest BCUT2D eigenvalue weighted by Crippen LogP contribution is -2.35. The van der Waals surface area contributed by atoms with Crippen LogP contribution in [0.25, 0.3) is 11.3 Å². The predicted octanol–water partition coefficient (Wildman–Crippen LogP) is 4.79. The Bertz CT molecular complexity index is 1020. The summed E-state index contributed by atoms with van der Waals surface area (Å²) in [6.07, 6.45) is 0.860. The Morgan fingerprint density at radius 2 is 1.90 bits per heavy atom. The van der Waals surface area contributed by atoms with Crippen LogP contribution in [0, 0.1) is 12.7 Å². The number of halogens is 2. The predicted molar refractivity (Wildman–Crippen MR) is 114 cm³/mol. The van der Waals surface area contributed by atoms with Crippen molar-refractivity contribution >= 4 is 17.5 Å². The molecule has 0 atom stereocenters. The van der Waals surface area contributed by atoms with Gasteiger partial charge in [-0.2, -0.15) is 0 Å². The Labute approximate surface area is 180 Å². The van der Waals surface area contributed by atoms with Crippen LogP contribution in [0.3, 0.4) is 0 Å². The van der Waals surface area contributed by atoms with Crippen molar-refractivity contribution in [2.24, 2.45) is 0 Å². The molecule has 0 saturated carbocycles. The smallest absolute Gasteiger partial charge is 0.259 e. The third-order valence-electron chi connectivity index (χ3n) is 5.40. The molecule has 156 valence electrons. The summed E-state index contributed by atoms with van der Waals surface area (Å²) < 4.78 is 19.7. The summed E-state index contributed by atoms with van der Waals surface area (Å²) in [5.41, 5.74) is 1.79. The monoisotopic (exact) mass is 427 g/mol. The van der Waals surface area contributed by atoms with E-state index in [1.165, 1.54) is 17.7 Å². The second kappa shape index (κ2) is 8.98. The Hall–Kier alpha value is -2.70. The number of aromatic nitrogens is 1. The quantitative estimate of drug-likeness (QED) is 0.600. The van der Waals surface area contributed by atoms with E-state index in [4.69, 9.17) is 16.1 Å². The van der Waals surface area contributed by atoms with Crippen molar-refractivity contribution in [1.29, 1.82) is 0 Å². The van der Waals surface area contributed by atoms with Crippen LogP contribution in [0.15, 0.2) is 53.1 Å². The second-order valence-corrected chi connectivity index (χ2v) is 7.87. The summed E-state index contributed by atoms with van der Waals surface area (Å²) >= 11 is 6.20. The van der Waals surface area contributed by atoms with Crippen molar-refractivity contribution < 1.29 is 13.7 Å². The molecule has 2 aromatic carbocycles. The lowest BCUT2D eigenvalue weighted by atomic mass is 10.0. The fraction of sp³-hybridized carbons (Fsp3) is 0.304. The standard InChI is InChI=1S/C23H23ClFN3O2/c1-16-20(22(26-30-16)21-18(24)9-5-10-19(21)25)23(29)28-12-6-11-27(13-14-28)15-17-7-3-2-4-8-17/h2-5,7-10H,6,11-15H2,1H3. The van der Waals surface area contributed by atoms with Crippen molar-refractivity contribution in [2.75, 3.05) is 26.2 Å². The van der Waals surface area contributed by atoms with Gasteiger partial charge in [0, 0.05) is 32.7 Å². The maximum atomic E-state index is 14.5. The Morgan fingerprint density at radius 1 is 1.10 bits per heavy atom. The fourth-order valence-electron chi connectivity index (χ4n) is 3.85. The summed E-state index contributed by atoms with van der Waals surface area (Å²) in [4.78, 5) is 17.5. The highest BCUT2D eigenvalue weighted by atomic mass is 35.5. The van der Waals surface area contributed by atoms with E-state index in [2.05, 4.69) is 22.2 Å². The first kappa shape index (κ1) is 20.6. The molecular formula is C23H23ClFN3O2. The highest BCUT2D eigenvalue weighted by Gasteiger charge is 2.29. The van der Waals surface area contributed by atoms with Gasteiger partial charge in [-0.1, -0.05) is 53.2 Å². The van der Waals surface area contributed by atoms with Crippen LogP contribution < -0.4 is 0 Å². The number of benzene rings is 2. The molecule has 1 saturated heterocycles. The number of amides is 1. The highest BCUT2D eigenvalue weighted by Crippen LogP contribution is 2.34. The number of carbonyl (C=O) groups excluding carboxylic acids is 1. The number of hydrogen-bond acceptors (Lipinski definition) is 4. The van der Waals surface area contributed by atoms with Crippen LogP contribution >= 0.6 is 11.6 Å². The molecule has 0 N–H and O–H groups in total. The minimum atomic E-state index is -0.533. The van der Waals surface area contributed by atoms with E-state index in [1.807, 2.05) is 18.2 Å². The van der Waals surface area contributed by atoms with Crippen LogP contribution in [-0.2, 0) is 6.54 Å². The molecular weight excluding hydrogens is 405 g/mol. The van der Waals surface area contributed by atoms with E-state index < -0.39 is 5.82 Å². The van der Waals surface area contributed by atoms with Crippen LogP contribution in [0.5, 0.6) is 0 Å². The van der Waals surface area contributed by atoms with Gasteiger partial charge in [-0.3, -0.25) is 9.69 Å². The molecule has 4 rings (SSSR count). The molecule has 1 aliphatic heterocycles. The molecule has 0 aliphatic carbocycles. The Kier molecular flexibility index (Phi) is 6.16. The zero-order valence-corrected chi connectivity index (χ0v) is 17.5. The molecule has 2 heterocycles. The molecule has 0 spiro atoms. The molecule has 30 heavy (non-hydrogen) atoms. The van der Waals surface area contributed by atoms with E-state index in [1.54, 1.807) is 17.9 Å². The third-order valence-corrected chi connectivity index (χ3v) is 5.72. The van der Waals surface area contributed by atoms with Gasteiger partial charge >= 0.3 is 0 Å². The first-order valence-corrected chi connectivity index (χ1v) is 10.4. The molecule has 1 aromatic heterocycles. The molecule has 1 fully saturated rings. The molecule has 1 aliphatic rings. The molecule has 1 amide bonds. The van der Waals surface area contributed by atoms with Crippen molar-refractivity contribution in [3.05, 3.63) is 76.3 Å². The first-order chi connectivity index (χ1) is 14.5. The van der Waals surface area contributed by atoms with E-state index in [0.29, 0.717) is 18.8 Å². The SMILES string of the molecule is Cc1onc(-c2c(F)cccc2Cl)c1C(=O)N1CCCN(Cc2ccccc2)CC1. The van der Waals surface area contributed by atoms with Crippen LogP contribution in [0.2, 0.25) is 5.02 Å². The minimum Gasteiger partial charge on any atom is -0.360 e. The van der Waals surface area contributed by atoms with Crippen LogP contribution in [0.1, 0.15) is 28.1 Å². The average Bonchev–Trinajstić information content (AvgIpc) is 2.95. The summed E-state index contributed by atoms with van der Waals surface area (Å²) in [6, 6.07) is 14.7. The number of carbonyl (C=O) groups is 1. The largest absolute Gasteiger partial charge is 0.360 e. The zero-order valence-electron chi connectivity index (χ0n) is 16.8. The van der Waals surface area contributed by atoms with Gasteiger partial charge in [-0.15, -0.1) is 0 Å². The molecule has 0 bridgehead atoms. The molecule has 3 aromatic rings.